The monoisotopic (exact) mass is 329 g/mol. The minimum absolute atomic E-state index is 0.0701. The van der Waals surface area contributed by atoms with Crippen LogP contribution in [0.15, 0.2) is 23.6 Å². The van der Waals surface area contributed by atoms with Gasteiger partial charge in [0.2, 0.25) is 0 Å². The van der Waals surface area contributed by atoms with E-state index in [4.69, 9.17) is 21.1 Å². The van der Waals surface area contributed by atoms with Gasteiger partial charge in [0.05, 0.1) is 30.9 Å². The standard InChI is InChI=1S/C15H17ClFNO2S/c1-10(7-19-2)20-8-12-4-3-11(5-14(12)17)15-18-13(6-16)9-21-15/h3-5,9-10H,6-8H2,1-2H3. The Labute approximate surface area is 132 Å². The van der Waals surface area contributed by atoms with Crippen molar-refractivity contribution in [1.29, 1.82) is 0 Å². The van der Waals surface area contributed by atoms with Crippen molar-refractivity contribution in [2.45, 2.75) is 25.5 Å². The number of halogens is 2. The molecule has 0 aliphatic heterocycles. The fraction of sp³-hybridized carbons (Fsp3) is 0.400. The summed E-state index contributed by atoms with van der Waals surface area (Å²) in [5.74, 6) is 0.0715. The zero-order chi connectivity index (χ0) is 15.2. The van der Waals surface area contributed by atoms with E-state index in [1.165, 1.54) is 17.4 Å². The van der Waals surface area contributed by atoms with Gasteiger partial charge in [0.25, 0.3) is 0 Å². The first-order valence-electron chi connectivity index (χ1n) is 6.53. The highest BCUT2D eigenvalue weighted by molar-refractivity contribution is 7.13. The molecule has 1 aromatic heterocycles. The Kier molecular flexibility index (Phi) is 6.11. The van der Waals surface area contributed by atoms with Crippen molar-refractivity contribution >= 4 is 22.9 Å². The molecule has 0 N–H and O–H groups in total. The zero-order valence-corrected chi connectivity index (χ0v) is 13.5. The van der Waals surface area contributed by atoms with Gasteiger partial charge in [-0.15, -0.1) is 22.9 Å². The van der Waals surface area contributed by atoms with Gasteiger partial charge in [0.15, 0.2) is 0 Å². The zero-order valence-electron chi connectivity index (χ0n) is 11.9. The first-order chi connectivity index (χ1) is 10.1. The van der Waals surface area contributed by atoms with E-state index in [1.807, 2.05) is 18.4 Å². The van der Waals surface area contributed by atoms with Crippen LogP contribution < -0.4 is 0 Å². The van der Waals surface area contributed by atoms with E-state index < -0.39 is 0 Å². The maximum atomic E-state index is 14.1. The van der Waals surface area contributed by atoms with Crippen LogP contribution in [0.2, 0.25) is 0 Å². The first-order valence-corrected chi connectivity index (χ1v) is 7.95. The summed E-state index contributed by atoms with van der Waals surface area (Å²) in [6.07, 6.45) is -0.0701. The molecule has 0 amide bonds. The molecular weight excluding hydrogens is 313 g/mol. The third-order valence-electron chi connectivity index (χ3n) is 2.91. The van der Waals surface area contributed by atoms with E-state index in [9.17, 15) is 4.39 Å². The van der Waals surface area contributed by atoms with Crippen LogP contribution in [0.1, 0.15) is 18.2 Å². The van der Waals surface area contributed by atoms with Crippen molar-refractivity contribution in [2.75, 3.05) is 13.7 Å². The van der Waals surface area contributed by atoms with Crippen molar-refractivity contribution in [3.05, 3.63) is 40.7 Å². The van der Waals surface area contributed by atoms with Crippen molar-refractivity contribution in [3.8, 4) is 10.6 Å². The highest BCUT2D eigenvalue weighted by Crippen LogP contribution is 2.26. The van der Waals surface area contributed by atoms with Crippen LogP contribution >= 0.6 is 22.9 Å². The number of alkyl halides is 1. The number of ether oxygens (including phenoxy) is 2. The maximum absolute atomic E-state index is 14.1. The summed E-state index contributed by atoms with van der Waals surface area (Å²) < 4.78 is 24.6. The number of rotatable bonds is 7. The van der Waals surface area contributed by atoms with Gasteiger partial charge in [0.1, 0.15) is 10.8 Å². The SMILES string of the molecule is COCC(C)OCc1ccc(-c2nc(CCl)cs2)cc1F. The highest BCUT2D eigenvalue weighted by Gasteiger charge is 2.10. The van der Waals surface area contributed by atoms with Gasteiger partial charge in [-0.2, -0.15) is 0 Å². The number of hydrogen-bond acceptors (Lipinski definition) is 4. The summed E-state index contributed by atoms with van der Waals surface area (Å²) >= 11 is 7.18. The lowest BCUT2D eigenvalue weighted by Crippen LogP contribution is -2.14. The minimum atomic E-state index is -0.292. The van der Waals surface area contributed by atoms with Gasteiger partial charge in [-0.3, -0.25) is 0 Å². The molecule has 1 unspecified atom stereocenters. The van der Waals surface area contributed by atoms with Crippen LogP contribution in [0.25, 0.3) is 10.6 Å². The predicted octanol–water partition coefficient (Wildman–Crippen LogP) is 4.24. The van der Waals surface area contributed by atoms with E-state index in [2.05, 4.69) is 4.98 Å². The molecule has 1 heterocycles. The van der Waals surface area contributed by atoms with Gasteiger partial charge in [0, 0.05) is 23.6 Å². The Bertz CT molecular complexity index is 591. The normalized spacial score (nSPS) is 12.6. The van der Waals surface area contributed by atoms with Crippen LogP contribution in [-0.4, -0.2) is 24.8 Å². The molecule has 0 fully saturated rings. The van der Waals surface area contributed by atoms with E-state index in [1.54, 1.807) is 13.2 Å². The average molecular weight is 330 g/mol. The molecule has 1 atom stereocenters. The second-order valence-corrected chi connectivity index (χ2v) is 5.79. The lowest BCUT2D eigenvalue weighted by atomic mass is 10.1. The molecule has 114 valence electrons. The number of nitrogens with zero attached hydrogens (tertiary/aromatic N) is 1. The van der Waals surface area contributed by atoms with Crippen LogP contribution in [-0.2, 0) is 22.0 Å². The topological polar surface area (TPSA) is 31.4 Å². The molecule has 21 heavy (non-hydrogen) atoms. The Hall–Kier alpha value is -1.01. The first kappa shape index (κ1) is 16.4. The molecule has 0 saturated carbocycles. The molecule has 6 heteroatoms. The van der Waals surface area contributed by atoms with E-state index >= 15 is 0 Å². The lowest BCUT2D eigenvalue weighted by Gasteiger charge is -2.12. The molecule has 3 nitrogen and oxygen atoms in total. The third-order valence-corrected chi connectivity index (χ3v) is 4.13. The summed E-state index contributed by atoms with van der Waals surface area (Å²) in [6.45, 7) is 2.60. The minimum Gasteiger partial charge on any atom is -0.382 e. The third kappa shape index (κ3) is 4.48. The molecule has 2 rings (SSSR count). The van der Waals surface area contributed by atoms with Crippen LogP contribution in [0.4, 0.5) is 4.39 Å². The molecular formula is C15H17ClFNO2S. The number of thiazole rings is 1. The molecule has 1 aromatic carbocycles. The molecule has 0 spiro atoms. The molecule has 0 radical (unpaired) electrons. The average Bonchev–Trinajstić information content (AvgIpc) is 2.95. The Morgan fingerprint density at radius 3 is 2.86 bits per heavy atom. The lowest BCUT2D eigenvalue weighted by molar-refractivity contribution is -0.00109. The molecule has 0 saturated heterocycles. The van der Waals surface area contributed by atoms with Crippen molar-refractivity contribution < 1.29 is 13.9 Å². The second kappa shape index (κ2) is 7.84. The van der Waals surface area contributed by atoms with Crippen molar-refractivity contribution in [1.82, 2.24) is 4.98 Å². The Balaban J connectivity index is 2.06. The molecule has 0 aliphatic rings. The van der Waals surface area contributed by atoms with Crippen molar-refractivity contribution in [3.63, 3.8) is 0 Å². The van der Waals surface area contributed by atoms with E-state index in [0.29, 0.717) is 18.1 Å². The van der Waals surface area contributed by atoms with Gasteiger partial charge in [-0.25, -0.2) is 9.37 Å². The van der Waals surface area contributed by atoms with Crippen molar-refractivity contribution in [2.24, 2.45) is 0 Å². The van der Waals surface area contributed by atoms with Gasteiger partial charge < -0.3 is 9.47 Å². The molecule has 2 aromatic rings. The molecule has 0 aliphatic carbocycles. The Morgan fingerprint density at radius 2 is 2.24 bits per heavy atom. The van der Waals surface area contributed by atoms with Gasteiger partial charge in [-0.05, 0) is 13.0 Å². The Morgan fingerprint density at radius 1 is 1.43 bits per heavy atom. The van der Waals surface area contributed by atoms with Gasteiger partial charge in [-0.1, -0.05) is 12.1 Å². The summed E-state index contributed by atoms with van der Waals surface area (Å²) in [7, 11) is 1.61. The van der Waals surface area contributed by atoms with Crippen LogP contribution in [0, 0.1) is 5.82 Å². The summed E-state index contributed by atoms with van der Waals surface area (Å²) in [5, 5.41) is 2.65. The fourth-order valence-electron chi connectivity index (χ4n) is 1.81. The largest absolute Gasteiger partial charge is 0.382 e. The number of aromatic nitrogens is 1. The van der Waals surface area contributed by atoms with Crippen LogP contribution in [0.5, 0.6) is 0 Å². The second-order valence-electron chi connectivity index (χ2n) is 4.66. The molecule has 0 bridgehead atoms. The van der Waals surface area contributed by atoms with Gasteiger partial charge >= 0.3 is 0 Å². The number of methoxy groups -OCH3 is 1. The summed E-state index contributed by atoms with van der Waals surface area (Å²) in [6, 6.07) is 5.06. The quantitative estimate of drug-likeness (QED) is 0.712. The van der Waals surface area contributed by atoms with E-state index in [0.717, 1.165) is 16.3 Å². The summed E-state index contributed by atoms with van der Waals surface area (Å²) in [5.41, 5.74) is 2.08. The number of hydrogen-bond donors (Lipinski definition) is 0. The summed E-state index contributed by atoms with van der Waals surface area (Å²) in [4.78, 5) is 4.34. The fourth-order valence-corrected chi connectivity index (χ4v) is 2.86. The smallest absolute Gasteiger partial charge is 0.129 e. The number of benzene rings is 1. The predicted molar refractivity (Wildman–Crippen MR) is 83.2 cm³/mol. The maximum Gasteiger partial charge on any atom is 0.129 e. The van der Waals surface area contributed by atoms with Crippen LogP contribution in [0.3, 0.4) is 0 Å². The highest BCUT2D eigenvalue weighted by atomic mass is 35.5. The van der Waals surface area contributed by atoms with E-state index in [-0.39, 0.29) is 18.5 Å².